The van der Waals surface area contributed by atoms with Gasteiger partial charge in [-0.15, -0.1) is 0 Å². The first-order chi connectivity index (χ1) is 14.2. The lowest BCUT2D eigenvalue weighted by molar-refractivity contribution is 0.315. The summed E-state index contributed by atoms with van der Waals surface area (Å²) >= 11 is 0. The summed E-state index contributed by atoms with van der Waals surface area (Å²) in [6.07, 6.45) is 0. The maximum Gasteiger partial charge on any atom is 0.264 e. The molecule has 0 aliphatic carbocycles. The van der Waals surface area contributed by atoms with Crippen LogP contribution in [0.4, 0.5) is 34.6 Å². The molecular weight excluding hydrogens is 428 g/mol. The summed E-state index contributed by atoms with van der Waals surface area (Å²) in [5.74, 6) is -3.64. The number of hydrogen-bond donors (Lipinski definition) is 2. The van der Waals surface area contributed by atoms with Crippen LogP contribution in [0.2, 0.25) is 0 Å². The Morgan fingerprint density at radius 3 is 1.93 bits per heavy atom. The van der Waals surface area contributed by atoms with E-state index >= 15 is 0 Å². The molecule has 1 aromatic heterocycles. The van der Waals surface area contributed by atoms with Crippen molar-refractivity contribution in [3.8, 4) is 0 Å². The molecule has 0 aliphatic rings. The number of halogens is 4. The molecule has 1 heterocycles. The Morgan fingerprint density at radius 2 is 1.30 bits per heavy atom. The van der Waals surface area contributed by atoms with Crippen molar-refractivity contribution in [1.82, 2.24) is 10.3 Å². The van der Waals surface area contributed by atoms with Gasteiger partial charge in [-0.3, -0.25) is 4.72 Å². The van der Waals surface area contributed by atoms with Gasteiger partial charge in [0, 0.05) is 12.1 Å². The smallest absolute Gasteiger partial charge is 0.264 e. The molecule has 0 radical (unpaired) electrons. The lowest BCUT2D eigenvalue weighted by Crippen LogP contribution is -2.15. The highest BCUT2D eigenvalue weighted by Gasteiger charge is 2.24. The number of nitrogens with one attached hydrogen (secondary N) is 2. The summed E-state index contributed by atoms with van der Waals surface area (Å²) < 4.78 is 85.9. The monoisotopic (exact) mass is 438 g/mol. The predicted octanol–water partition coefficient (Wildman–Crippen LogP) is 4.32. The Labute approximate surface area is 166 Å². The molecule has 0 aliphatic heterocycles. The molecular formula is C18H10F4N4O3S. The Kier molecular flexibility index (Phi) is 4.78. The molecule has 0 bridgehead atoms. The number of rotatable bonds is 5. The number of anilines is 3. The molecule has 0 saturated carbocycles. The maximum absolute atomic E-state index is 13.9. The average molecular weight is 438 g/mol. The lowest BCUT2D eigenvalue weighted by atomic mass is 10.2. The van der Waals surface area contributed by atoms with Gasteiger partial charge in [-0.2, -0.15) is 0 Å². The first-order valence-corrected chi connectivity index (χ1v) is 9.68. The summed E-state index contributed by atoms with van der Waals surface area (Å²) in [5, 5.41) is 9.81. The summed E-state index contributed by atoms with van der Waals surface area (Å²) in [6, 6.07) is 7.55. The molecule has 4 rings (SSSR count). The van der Waals surface area contributed by atoms with Crippen molar-refractivity contribution in [3.05, 3.63) is 71.8 Å². The van der Waals surface area contributed by atoms with E-state index in [9.17, 15) is 26.0 Å². The van der Waals surface area contributed by atoms with Crippen molar-refractivity contribution < 1.29 is 30.6 Å². The van der Waals surface area contributed by atoms with Crippen LogP contribution in [0.15, 0.2) is 58.1 Å². The fourth-order valence-electron chi connectivity index (χ4n) is 2.67. The zero-order valence-electron chi connectivity index (χ0n) is 14.7. The summed E-state index contributed by atoms with van der Waals surface area (Å²) in [4.78, 5) is -0.410. The zero-order chi connectivity index (χ0) is 21.5. The number of hydrogen-bond acceptors (Lipinski definition) is 6. The topological polar surface area (TPSA) is 97.1 Å². The number of sulfonamides is 1. The van der Waals surface area contributed by atoms with E-state index in [0.29, 0.717) is 12.1 Å². The van der Waals surface area contributed by atoms with Gasteiger partial charge in [0.25, 0.3) is 10.0 Å². The van der Waals surface area contributed by atoms with Gasteiger partial charge in [-0.05, 0) is 46.7 Å². The van der Waals surface area contributed by atoms with Crippen molar-refractivity contribution >= 4 is 38.1 Å². The molecule has 0 amide bonds. The standard InChI is InChI=1S/C18H10F4N4O3S/c19-9-1-3-13(11(21)7-9)23-15-5-6-16(18-17(15)24-29-25-18)30(27,28)26-14-4-2-10(20)8-12(14)22/h1-8,23,26H. The molecule has 7 nitrogen and oxygen atoms in total. The summed E-state index contributed by atoms with van der Waals surface area (Å²) in [7, 11) is -4.37. The Bertz CT molecular complexity index is 1380. The van der Waals surface area contributed by atoms with Crippen LogP contribution in [0.1, 0.15) is 0 Å². The van der Waals surface area contributed by atoms with Crippen LogP contribution in [0, 0.1) is 23.3 Å². The van der Waals surface area contributed by atoms with Crippen LogP contribution in [0.3, 0.4) is 0 Å². The molecule has 0 unspecified atom stereocenters. The van der Waals surface area contributed by atoms with Crippen molar-refractivity contribution in [2.45, 2.75) is 4.90 Å². The average Bonchev–Trinajstić information content (AvgIpc) is 3.16. The van der Waals surface area contributed by atoms with E-state index in [0.717, 1.165) is 30.3 Å². The van der Waals surface area contributed by atoms with Gasteiger partial charge in [-0.25, -0.2) is 30.6 Å². The van der Waals surface area contributed by atoms with E-state index in [1.54, 1.807) is 0 Å². The predicted molar refractivity (Wildman–Crippen MR) is 98.6 cm³/mol. The van der Waals surface area contributed by atoms with Gasteiger partial charge < -0.3 is 5.32 Å². The summed E-state index contributed by atoms with van der Waals surface area (Å²) in [5.41, 5.74) is -0.734. The Balaban J connectivity index is 1.73. The highest BCUT2D eigenvalue weighted by Crippen LogP contribution is 2.31. The molecule has 0 atom stereocenters. The van der Waals surface area contributed by atoms with E-state index in [2.05, 4.69) is 20.3 Å². The first kappa shape index (κ1) is 19.6. The second-order valence-electron chi connectivity index (χ2n) is 6.05. The molecule has 3 aromatic carbocycles. The van der Waals surface area contributed by atoms with Crippen molar-refractivity contribution in [1.29, 1.82) is 0 Å². The van der Waals surface area contributed by atoms with Crippen molar-refractivity contribution in [2.75, 3.05) is 10.0 Å². The van der Waals surface area contributed by atoms with E-state index in [1.165, 1.54) is 6.07 Å². The van der Waals surface area contributed by atoms with Crippen LogP contribution in [-0.2, 0) is 10.0 Å². The number of nitrogens with zero attached hydrogens (tertiary/aromatic N) is 2. The molecule has 12 heteroatoms. The van der Waals surface area contributed by atoms with E-state index in [-0.39, 0.29) is 22.4 Å². The minimum absolute atomic E-state index is 0.0684. The minimum atomic E-state index is -4.37. The largest absolute Gasteiger partial charge is 0.351 e. The fraction of sp³-hybridized carbons (Fsp3) is 0. The molecule has 4 aromatic rings. The third kappa shape index (κ3) is 3.64. The Morgan fingerprint density at radius 1 is 0.733 bits per heavy atom. The van der Waals surface area contributed by atoms with Gasteiger partial charge >= 0.3 is 0 Å². The van der Waals surface area contributed by atoms with E-state index < -0.39 is 43.9 Å². The van der Waals surface area contributed by atoms with Crippen LogP contribution in [0.5, 0.6) is 0 Å². The quantitative estimate of drug-likeness (QED) is 0.451. The van der Waals surface area contributed by atoms with Gasteiger partial charge in [0.1, 0.15) is 28.2 Å². The molecule has 0 fully saturated rings. The van der Waals surface area contributed by atoms with Crippen LogP contribution >= 0.6 is 0 Å². The van der Waals surface area contributed by atoms with Gasteiger partial charge in [-0.1, -0.05) is 0 Å². The van der Waals surface area contributed by atoms with Crippen LogP contribution in [-0.4, -0.2) is 18.7 Å². The lowest BCUT2D eigenvalue weighted by Gasteiger charge is -2.11. The van der Waals surface area contributed by atoms with Gasteiger partial charge in [0.2, 0.25) is 0 Å². The number of fused-ring (bicyclic) bond motifs is 1. The van der Waals surface area contributed by atoms with Crippen molar-refractivity contribution in [3.63, 3.8) is 0 Å². The maximum atomic E-state index is 13.9. The zero-order valence-corrected chi connectivity index (χ0v) is 15.5. The second-order valence-corrected chi connectivity index (χ2v) is 7.70. The molecule has 0 saturated heterocycles. The van der Waals surface area contributed by atoms with Gasteiger partial charge in [0.05, 0.1) is 17.1 Å². The fourth-order valence-corrected chi connectivity index (χ4v) is 3.87. The van der Waals surface area contributed by atoms with Crippen LogP contribution in [0.25, 0.3) is 11.0 Å². The van der Waals surface area contributed by atoms with Gasteiger partial charge in [0.15, 0.2) is 11.0 Å². The number of aromatic nitrogens is 2. The molecule has 2 N–H and O–H groups in total. The highest BCUT2D eigenvalue weighted by molar-refractivity contribution is 7.93. The van der Waals surface area contributed by atoms with Crippen LogP contribution < -0.4 is 10.0 Å². The normalized spacial score (nSPS) is 11.6. The number of benzene rings is 3. The SMILES string of the molecule is O=S(=O)(Nc1ccc(F)cc1F)c1ccc(Nc2ccc(F)cc2F)c2nonc12. The summed E-state index contributed by atoms with van der Waals surface area (Å²) in [6.45, 7) is 0. The molecule has 154 valence electrons. The second kappa shape index (κ2) is 7.30. The minimum Gasteiger partial charge on any atom is -0.351 e. The molecule has 30 heavy (non-hydrogen) atoms. The third-order valence-corrected chi connectivity index (χ3v) is 5.44. The Hall–Kier alpha value is -3.67. The first-order valence-electron chi connectivity index (χ1n) is 8.20. The molecule has 0 spiro atoms. The van der Waals surface area contributed by atoms with E-state index in [4.69, 9.17) is 0 Å². The highest BCUT2D eigenvalue weighted by atomic mass is 32.2. The van der Waals surface area contributed by atoms with E-state index in [1.807, 2.05) is 4.72 Å². The van der Waals surface area contributed by atoms with Crippen molar-refractivity contribution in [2.24, 2.45) is 0 Å². The third-order valence-electron chi connectivity index (χ3n) is 4.04.